The van der Waals surface area contributed by atoms with E-state index in [-0.39, 0.29) is 35.7 Å². The summed E-state index contributed by atoms with van der Waals surface area (Å²) < 4.78 is 0. The molecule has 70 heavy (non-hydrogen) atoms. The van der Waals surface area contributed by atoms with Crippen molar-refractivity contribution in [2.75, 3.05) is 0 Å². The van der Waals surface area contributed by atoms with Crippen molar-refractivity contribution in [1.82, 2.24) is 0 Å². The molecule has 8 aromatic rings. The average Bonchev–Trinajstić information content (AvgIpc) is 4.09. The average molecular weight is 1170 g/mol. The molecule has 0 saturated carbocycles. The molecule has 8 rings (SSSR count). The molecule has 0 N–H and O–H groups in total. The van der Waals surface area contributed by atoms with E-state index in [0.29, 0.717) is 23.7 Å². The van der Waals surface area contributed by atoms with Crippen molar-refractivity contribution in [2.45, 2.75) is 186 Å². The zero-order valence-electron chi connectivity index (χ0n) is 47.1. The minimum absolute atomic E-state index is 0. The van der Waals surface area contributed by atoms with Crippen LogP contribution in [0.2, 0.25) is 24.2 Å². The Hall–Kier alpha value is -1.90. The normalized spacial score (nSPS) is 10.7. The Labute approximate surface area is 471 Å². The largest absolute Gasteiger partial charge is 1.00 e. The monoisotopic (exact) mass is 1160 g/mol. The number of aryl methyl sites for hydroxylation is 8. The second-order valence-corrected chi connectivity index (χ2v) is 36.2. The zero-order chi connectivity index (χ0) is 51.2. The Kier molecular flexibility index (Phi) is 30.0. The van der Waals surface area contributed by atoms with Crippen molar-refractivity contribution in [3.8, 4) is 0 Å². The van der Waals surface area contributed by atoms with Crippen molar-refractivity contribution in [3.63, 3.8) is 0 Å². The van der Waals surface area contributed by atoms with Gasteiger partial charge >= 0.3 is 109 Å². The summed E-state index contributed by atoms with van der Waals surface area (Å²) >= 11 is 3.61. The van der Waals surface area contributed by atoms with Gasteiger partial charge in [-0.1, -0.05) is 157 Å². The molecule has 0 heterocycles. The fraction of sp³-hybridized carbons (Fsp3) is 0.438. The van der Waals surface area contributed by atoms with Gasteiger partial charge in [-0.25, -0.2) is 0 Å². The van der Waals surface area contributed by atoms with Gasteiger partial charge in [0.1, 0.15) is 0 Å². The molecule has 0 bridgehead atoms. The molecule has 0 spiro atoms. The summed E-state index contributed by atoms with van der Waals surface area (Å²) in [4.78, 5) is 0. The van der Waals surface area contributed by atoms with E-state index in [9.17, 15) is 0 Å². The number of halogens is 2. The van der Waals surface area contributed by atoms with Crippen LogP contribution in [0.25, 0.3) is 43.1 Å². The maximum Gasteiger partial charge on any atom is -0.0308 e. The predicted molar refractivity (Wildman–Crippen MR) is 306 cm³/mol. The van der Waals surface area contributed by atoms with Gasteiger partial charge in [-0.15, -0.1) is 136 Å². The molecule has 0 aliphatic rings. The Morgan fingerprint density at radius 1 is 0.343 bits per heavy atom. The van der Waals surface area contributed by atoms with E-state index in [1.54, 1.807) is 46.7 Å². The fourth-order valence-electron chi connectivity index (χ4n) is 8.96. The molecule has 0 aliphatic heterocycles. The van der Waals surface area contributed by atoms with Gasteiger partial charge in [0.05, 0.1) is 0 Å². The van der Waals surface area contributed by atoms with E-state index in [2.05, 4.69) is 236 Å². The van der Waals surface area contributed by atoms with E-state index < -0.39 is 0 Å². The van der Waals surface area contributed by atoms with Crippen LogP contribution in [0.4, 0.5) is 0 Å². The first-order chi connectivity index (χ1) is 32.0. The van der Waals surface area contributed by atoms with Crippen LogP contribution in [-0.2, 0) is 46.7 Å². The maximum atomic E-state index is 2.30. The third-order valence-corrected chi connectivity index (χ3v) is 27.2. The molecule has 0 amide bonds. The van der Waals surface area contributed by atoms with Gasteiger partial charge in [0.2, 0.25) is 0 Å². The number of fused-ring (bicyclic) bond motifs is 4. The van der Waals surface area contributed by atoms with Crippen LogP contribution in [0.5, 0.6) is 0 Å². The van der Waals surface area contributed by atoms with Crippen LogP contribution < -0.4 is 24.8 Å². The zero-order valence-corrected chi connectivity index (χ0v) is 55.6. The quantitative estimate of drug-likeness (QED) is 0.105. The third kappa shape index (κ3) is 18.8. The Balaban J connectivity index is 0.000000430. The fourth-order valence-corrected chi connectivity index (χ4v) is 9.96. The van der Waals surface area contributed by atoms with E-state index in [1.165, 1.54) is 134 Å². The molecule has 0 atom stereocenters. The Morgan fingerprint density at radius 3 is 0.643 bits per heavy atom. The summed E-state index contributed by atoms with van der Waals surface area (Å²) in [5.74, 6) is 2.44. The van der Waals surface area contributed by atoms with E-state index in [1.807, 2.05) is 0 Å². The van der Waals surface area contributed by atoms with Gasteiger partial charge in [-0.05, 0) is 23.7 Å². The minimum Gasteiger partial charge on any atom is -1.00 e. The summed E-state index contributed by atoms with van der Waals surface area (Å²) in [6.07, 6.45) is 0. The smallest absolute Gasteiger partial charge is 0.0308 e. The number of hydrogen-bond acceptors (Lipinski definition) is 0. The molecule has 6 heteroatoms. The Morgan fingerprint density at radius 2 is 0.514 bits per heavy atom. The summed E-state index contributed by atoms with van der Waals surface area (Å²) in [7, 11) is 0. The Bertz CT molecular complexity index is 2480. The molecule has 8 aromatic carbocycles. The molecule has 0 nitrogen and oxygen atoms in total. The molecule has 0 aromatic heterocycles. The maximum absolute atomic E-state index is 2.30. The van der Waals surface area contributed by atoms with Crippen molar-refractivity contribution in [2.24, 2.45) is 0 Å². The first kappa shape index (κ1) is 66.1. The number of rotatable bonds is 8. The van der Waals surface area contributed by atoms with E-state index >= 15 is 0 Å². The van der Waals surface area contributed by atoms with Crippen LogP contribution >= 0.6 is 0 Å². The van der Waals surface area contributed by atoms with Crippen LogP contribution in [0.1, 0.15) is 174 Å². The number of hydrogen-bond donors (Lipinski definition) is 0. The van der Waals surface area contributed by atoms with Crippen molar-refractivity contribution >= 4 is 54.0 Å². The second kappa shape index (κ2) is 31.7. The van der Waals surface area contributed by atoms with Crippen LogP contribution in [0.3, 0.4) is 0 Å². The van der Waals surface area contributed by atoms with Crippen molar-refractivity contribution in [1.29, 1.82) is 0 Å². The molecule has 0 saturated heterocycles. The second-order valence-electron chi connectivity index (χ2n) is 20.6. The first-order valence-corrected chi connectivity index (χ1v) is 37.0. The van der Waals surface area contributed by atoms with Gasteiger partial charge in [0, 0.05) is 0 Å². The SMILES string of the molecule is CC[Si](=[Zr+2])CC.CC[Si](=[Zr+2])CC.Cc1cc2c(C(C)C)ccc(C)c2[cH-]1.Cc1cc2c(C(C)C)ccc(C)c2[cH-]1.Cc1cc2c(C(C)C)ccc(C)c2[cH-]1.Cc1cc2c(C(C)C)ccc(C)c2[cH-]1.[Cl-].[Cl-]. The topological polar surface area (TPSA) is 0 Å². The predicted octanol–water partition coefficient (Wildman–Crippen LogP) is 14.3. The minimum atomic E-state index is 0. The summed E-state index contributed by atoms with van der Waals surface area (Å²) in [6.45, 7) is 44.7. The molecule has 376 valence electrons. The summed E-state index contributed by atoms with van der Waals surface area (Å²) in [6, 6.07) is 42.2. The molecule has 0 radical (unpaired) electrons. The summed E-state index contributed by atoms with van der Waals surface area (Å²) in [5, 5.41) is 11.5. The molecule has 0 unspecified atom stereocenters. The summed E-state index contributed by atoms with van der Waals surface area (Å²) in [5.41, 5.74) is 17.4. The van der Waals surface area contributed by atoms with Gasteiger partial charge < -0.3 is 24.8 Å². The van der Waals surface area contributed by atoms with E-state index in [0.717, 1.165) is 0 Å². The molecule has 0 fully saturated rings. The molecule has 0 aliphatic carbocycles. The van der Waals surface area contributed by atoms with Crippen LogP contribution in [0.15, 0.2) is 97.1 Å². The van der Waals surface area contributed by atoms with Crippen LogP contribution in [0, 0.1) is 55.4 Å². The van der Waals surface area contributed by atoms with Crippen molar-refractivity contribution < 1.29 is 71.5 Å². The van der Waals surface area contributed by atoms with Gasteiger partial charge in [-0.2, -0.15) is 24.3 Å². The van der Waals surface area contributed by atoms with Gasteiger partial charge in [0.25, 0.3) is 0 Å². The third-order valence-electron chi connectivity index (χ3n) is 13.3. The van der Waals surface area contributed by atoms with Crippen molar-refractivity contribution in [3.05, 3.63) is 164 Å². The van der Waals surface area contributed by atoms with Gasteiger partial charge in [0.15, 0.2) is 0 Å². The standard InChI is InChI=1S/4C14H17.2C4H10Si.2ClH.2Zr/c4*1-9(2)12-6-5-11(4)13-7-10(3)8-14(12)13;2*1-3-5-4-2;;;;/h4*5-9H,1-4H3;2*3-4H2,1-2H3;2*1H;;/q4*-1;;;;;2*+2/p-2. The first-order valence-electron chi connectivity index (χ1n) is 25.8. The van der Waals surface area contributed by atoms with Gasteiger partial charge in [-0.3, -0.25) is 0 Å². The number of benzene rings is 4. The van der Waals surface area contributed by atoms with E-state index in [4.69, 9.17) is 0 Å². The molecular formula is C64H88Cl2Si2Zr2-2. The molecular weight excluding hydrogens is 1080 g/mol. The van der Waals surface area contributed by atoms with Crippen LogP contribution in [-0.4, -0.2) is 10.9 Å².